The van der Waals surface area contributed by atoms with E-state index in [1.807, 2.05) is 24.1 Å². The van der Waals surface area contributed by atoms with Crippen LogP contribution in [0.1, 0.15) is 11.1 Å². The summed E-state index contributed by atoms with van der Waals surface area (Å²) in [4.78, 5) is 2.04. The summed E-state index contributed by atoms with van der Waals surface area (Å²) in [6.07, 6.45) is 0. The van der Waals surface area contributed by atoms with Crippen molar-refractivity contribution in [1.29, 1.82) is 0 Å². The van der Waals surface area contributed by atoms with E-state index in [1.165, 1.54) is 11.1 Å². The number of nitrogens with two attached hydrogens (primary N) is 1. The third-order valence-corrected chi connectivity index (χ3v) is 2.19. The van der Waals surface area contributed by atoms with Gasteiger partial charge in [-0.15, -0.1) is 0 Å². The number of methoxy groups -OCH3 is 1. The highest BCUT2D eigenvalue weighted by molar-refractivity contribution is 5.36. The molecule has 0 aliphatic rings. The molecule has 0 spiro atoms. The predicted molar refractivity (Wildman–Crippen MR) is 58.3 cm³/mol. The van der Waals surface area contributed by atoms with Gasteiger partial charge in [0.05, 0.1) is 7.11 Å². The van der Waals surface area contributed by atoms with Gasteiger partial charge in [-0.05, 0) is 20.0 Å². The van der Waals surface area contributed by atoms with E-state index in [9.17, 15) is 0 Å². The molecule has 0 fully saturated rings. The molecule has 1 rings (SSSR count). The second-order valence-electron chi connectivity index (χ2n) is 3.51. The topological polar surface area (TPSA) is 38.5 Å². The summed E-state index contributed by atoms with van der Waals surface area (Å²) in [5.74, 6) is 0.927. The Balaban J connectivity index is 2.87. The number of benzene rings is 1. The van der Waals surface area contributed by atoms with Gasteiger partial charge in [-0.2, -0.15) is 0 Å². The molecule has 0 aromatic heterocycles. The van der Waals surface area contributed by atoms with Crippen molar-refractivity contribution in [3.63, 3.8) is 0 Å². The fraction of sp³-hybridized carbons (Fsp3) is 0.455. The molecule has 0 bridgehead atoms. The van der Waals surface area contributed by atoms with Crippen LogP contribution >= 0.6 is 0 Å². The molecule has 14 heavy (non-hydrogen) atoms. The Kier molecular flexibility index (Phi) is 3.92. The highest BCUT2D eigenvalue weighted by atomic mass is 16.5. The summed E-state index contributed by atoms with van der Waals surface area (Å²) in [5, 5.41) is 0. The molecule has 0 atom stereocenters. The number of nitrogens with zero attached hydrogens (tertiary/aromatic N) is 1. The molecule has 0 saturated heterocycles. The minimum absolute atomic E-state index is 0.553. The van der Waals surface area contributed by atoms with Crippen LogP contribution < -0.4 is 10.5 Å². The Bertz CT molecular complexity index is 299. The standard InChI is InChI=1S/C11H18N2O/c1-9-4-5-11(14-3)10(6-9)7-13(2)8-12/h4-6H,7-8,12H2,1-3H3. The van der Waals surface area contributed by atoms with Gasteiger partial charge in [-0.1, -0.05) is 17.7 Å². The Morgan fingerprint density at radius 3 is 2.71 bits per heavy atom. The molecule has 1 aromatic rings. The number of rotatable bonds is 4. The van der Waals surface area contributed by atoms with Crippen molar-refractivity contribution >= 4 is 0 Å². The Morgan fingerprint density at radius 2 is 2.14 bits per heavy atom. The van der Waals surface area contributed by atoms with Crippen molar-refractivity contribution in [1.82, 2.24) is 4.90 Å². The van der Waals surface area contributed by atoms with E-state index in [0.29, 0.717) is 6.67 Å². The molecule has 0 aliphatic heterocycles. The first-order valence-corrected chi connectivity index (χ1v) is 4.69. The molecule has 3 nitrogen and oxygen atoms in total. The highest BCUT2D eigenvalue weighted by Gasteiger charge is 2.05. The lowest BCUT2D eigenvalue weighted by Crippen LogP contribution is -2.25. The van der Waals surface area contributed by atoms with Crippen LogP contribution in [0.25, 0.3) is 0 Å². The SMILES string of the molecule is COc1ccc(C)cc1CN(C)CN. The van der Waals surface area contributed by atoms with Crippen LogP contribution in [0.5, 0.6) is 5.75 Å². The number of hydrogen-bond donors (Lipinski definition) is 1. The largest absolute Gasteiger partial charge is 0.496 e. The molecule has 0 radical (unpaired) electrons. The van der Waals surface area contributed by atoms with Crippen LogP contribution in [-0.4, -0.2) is 25.7 Å². The van der Waals surface area contributed by atoms with Crippen molar-refractivity contribution in [3.05, 3.63) is 29.3 Å². The summed E-state index contributed by atoms with van der Waals surface area (Å²) in [5.41, 5.74) is 7.96. The van der Waals surface area contributed by atoms with Gasteiger partial charge < -0.3 is 10.5 Å². The number of ether oxygens (including phenoxy) is 1. The van der Waals surface area contributed by atoms with Crippen LogP contribution in [-0.2, 0) is 6.54 Å². The molecule has 0 unspecified atom stereocenters. The van der Waals surface area contributed by atoms with Gasteiger partial charge in [0.2, 0.25) is 0 Å². The summed E-state index contributed by atoms with van der Waals surface area (Å²) in [6, 6.07) is 6.17. The monoisotopic (exact) mass is 194 g/mol. The average Bonchev–Trinajstić information content (AvgIpc) is 2.18. The first kappa shape index (κ1) is 11.0. The second kappa shape index (κ2) is 4.98. The second-order valence-corrected chi connectivity index (χ2v) is 3.51. The summed E-state index contributed by atoms with van der Waals surface area (Å²) in [7, 11) is 3.68. The zero-order chi connectivity index (χ0) is 10.6. The smallest absolute Gasteiger partial charge is 0.123 e. The van der Waals surface area contributed by atoms with E-state index in [2.05, 4.69) is 13.0 Å². The zero-order valence-electron chi connectivity index (χ0n) is 9.08. The lowest BCUT2D eigenvalue weighted by atomic mass is 10.1. The van der Waals surface area contributed by atoms with Crippen LogP contribution in [0.2, 0.25) is 0 Å². The predicted octanol–water partition coefficient (Wildman–Crippen LogP) is 1.35. The molecular formula is C11H18N2O. The summed E-state index contributed by atoms with van der Waals surface area (Å²) in [6.45, 7) is 3.45. The molecule has 0 saturated carbocycles. The summed E-state index contributed by atoms with van der Waals surface area (Å²) < 4.78 is 5.28. The van der Waals surface area contributed by atoms with Crippen LogP contribution in [0.4, 0.5) is 0 Å². The van der Waals surface area contributed by atoms with Crippen molar-refractivity contribution < 1.29 is 4.74 Å². The highest BCUT2D eigenvalue weighted by Crippen LogP contribution is 2.20. The quantitative estimate of drug-likeness (QED) is 0.735. The molecule has 0 aliphatic carbocycles. The maximum atomic E-state index is 5.53. The maximum Gasteiger partial charge on any atom is 0.123 e. The zero-order valence-corrected chi connectivity index (χ0v) is 9.08. The minimum atomic E-state index is 0.553. The van der Waals surface area contributed by atoms with Gasteiger partial charge in [0.15, 0.2) is 0 Å². The summed E-state index contributed by atoms with van der Waals surface area (Å²) >= 11 is 0. The van der Waals surface area contributed by atoms with Crippen molar-refractivity contribution in [2.24, 2.45) is 5.73 Å². The lowest BCUT2D eigenvalue weighted by Gasteiger charge is -2.16. The van der Waals surface area contributed by atoms with E-state index in [1.54, 1.807) is 7.11 Å². The van der Waals surface area contributed by atoms with Gasteiger partial charge >= 0.3 is 0 Å². The van der Waals surface area contributed by atoms with E-state index < -0.39 is 0 Å². The van der Waals surface area contributed by atoms with Gasteiger partial charge in [-0.3, -0.25) is 4.90 Å². The molecule has 0 amide bonds. The molecule has 3 heteroatoms. The third kappa shape index (κ3) is 2.72. The number of aryl methyl sites for hydroxylation is 1. The molecule has 1 aromatic carbocycles. The number of hydrogen-bond acceptors (Lipinski definition) is 3. The van der Waals surface area contributed by atoms with E-state index in [4.69, 9.17) is 10.5 Å². The molecule has 78 valence electrons. The molecular weight excluding hydrogens is 176 g/mol. The first-order chi connectivity index (χ1) is 6.67. The Hall–Kier alpha value is -1.06. The van der Waals surface area contributed by atoms with Gasteiger partial charge in [0.1, 0.15) is 5.75 Å². The third-order valence-electron chi connectivity index (χ3n) is 2.19. The van der Waals surface area contributed by atoms with Crippen LogP contribution in [0.15, 0.2) is 18.2 Å². The molecule has 2 N–H and O–H groups in total. The van der Waals surface area contributed by atoms with Gasteiger partial charge in [0.25, 0.3) is 0 Å². The first-order valence-electron chi connectivity index (χ1n) is 4.69. The van der Waals surface area contributed by atoms with Crippen molar-refractivity contribution in [2.45, 2.75) is 13.5 Å². The van der Waals surface area contributed by atoms with Crippen molar-refractivity contribution in [3.8, 4) is 5.75 Å². The van der Waals surface area contributed by atoms with Gasteiger partial charge in [-0.25, -0.2) is 0 Å². The molecule has 0 heterocycles. The van der Waals surface area contributed by atoms with Crippen molar-refractivity contribution in [2.75, 3.05) is 20.8 Å². The lowest BCUT2D eigenvalue weighted by molar-refractivity contribution is 0.326. The minimum Gasteiger partial charge on any atom is -0.496 e. The van der Waals surface area contributed by atoms with E-state index in [-0.39, 0.29) is 0 Å². The van der Waals surface area contributed by atoms with Crippen LogP contribution in [0.3, 0.4) is 0 Å². The van der Waals surface area contributed by atoms with Gasteiger partial charge in [0, 0.05) is 18.8 Å². The van der Waals surface area contributed by atoms with Crippen LogP contribution in [0, 0.1) is 6.92 Å². The Labute approximate surface area is 85.5 Å². The van der Waals surface area contributed by atoms with E-state index in [0.717, 1.165) is 12.3 Å². The maximum absolute atomic E-state index is 5.53. The van der Waals surface area contributed by atoms with E-state index >= 15 is 0 Å². The fourth-order valence-electron chi connectivity index (χ4n) is 1.39. The average molecular weight is 194 g/mol. The fourth-order valence-corrected chi connectivity index (χ4v) is 1.39. The normalized spacial score (nSPS) is 10.6. The Morgan fingerprint density at radius 1 is 1.43 bits per heavy atom.